The number of aliphatic carboxylic acids is 1. The molecule has 1 fully saturated rings. The summed E-state index contributed by atoms with van der Waals surface area (Å²) in [5.74, 6) is -1.67. The van der Waals surface area contributed by atoms with Gasteiger partial charge in [-0.1, -0.05) is 101 Å². The molecule has 230 valence electrons. The summed E-state index contributed by atoms with van der Waals surface area (Å²) in [7, 11) is 0. The second kappa shape index (κ2) is 17.7. The van der Waals surface area contributed by atoms with Crippen LogP contribution in [0.15, 0.2) is 42.6 Å². The molecule has 5 N–H and O–H groups in total. The zero-order chi connectivity index (χ0) is 29.5. The van der Waals surface area contributed by atoms with Gasteiger partial charge in [-0.25, -0.2) is 0 Å². The lowest BCUT2D eigenvalue weighted by molar-refractivity contribution is -0.146. The number of aliphatic hydroxyl groups excluding tert-OH is 2. The molecule has 0 saturated heterocycles. The average Bonchev–Trinajstić information content (AvgIpc) is 3.58. The first kappa shape index (κ1) is 33.4. The molecule has 1 aliphatic rings. The fourth-order valence-electron chi connectivity index (χ4n) is 6.68. The van der Waals surface area contributed by atoms with Gasteiger partial charge in [0, 0.05) is 11.9 Å². The van der Waals surface area contributed by atoms with Crippen LogP contribution in [0.4, 0.5) is 0 Å². The number of unbranched alkanes of at least 4 members (excludes halogenated alkanes) is 7. The molecule has 1 aromatic heterocycles. The second-order valence-corrected chi connectivity index (χ2v) is 12.6. The Balaban J connectivity index is 1.37. The van der Waals surface area contributed by atoms with Gasteiger partial charge in [-0.05, 0) is 74.5 Å². The van der Waals surface area contributed by atoms with Gasteiger partial charge in [0.05, 0.1) is 23.7 Å². The molecule has 1 saturated carbocycles. The number of aromatic amines is 1. The number of hydrogen-bond donors (Lipinski definition) is 5. The van der Waals surface area contributed by atoms with Crippen LogP contribution in [0.2, 0.25) is 0 Å². The molecule has 2 aromatic rings. The van der Waals surface area contributed by atoms with Crippen molar-refractivity contribution in [1.82, 2.24) is 4.98 Å². The number of nitrogens with one attached hydrogen (secondary N) is 1. The largest absolute Gasteiger partial charge is 0.481 e. The number of carboxylic acids is 1. The van der Waals surface area contributed by atoms with E-state index in [0.717, 1.165) is 81.0 Å². The molecule has 5 unspecified atom stereocenters. The zero-order valence-corrected chi connectivity index (χ0v) is 25.3. The molecule has 0 radical (unpaired) electrons. The third-order valence-electron chi connectivity index (χ3n) is 9.34. The highest BCUT2D eigenvalue weighted by Crippen LogP contribution is 2.42. The van der Waals surface area contributed by atoms with Crippen molar-refractivity contribution in [3.63, 3.8) is 0 Å². The Morgan fingerprint density at radius 1 is 0.927 bits per heavy atom. The topological polar surface area (TPSA) is 114 Å². The molecule has 0 aliphatic heterocycles. The summed E-state index contributed by atoms with van der Waals surface area (Å²) in [5, 5.41) is 42.3. The van der Waals surface area contributed by atoms with Gasteiger partial charge >= 0.3 is 5.97 Å². The Morgan fingerprint density at radius 3 is 2.24 bits per heavy atom. The van der Waals surface area contributed by atoms with Crippen molar-refractivity contribution in [2.75, 3.05) is 0 Å². The van der Waals surface area contributed by atoms with Crippen LogP contribution in [0.5, 0.6) is 0 Å². The monoisotopic (exact) mass is 569 g/mol. The molecule has 41 heavy (non-hydrogen) atoms. The molecule has 6 nitrogen and oxygen atoms in total. The van der Waals surface area contributed by atoms with Crippen LogP contribution in [0, 0.1) is 11.8 Å². The first-order valence-electron chi connectivity index (χ1n) is 16.4. The van der Waals surface area contributed by atoms with Crippen LogP contribution in [-0.2, 0) is 11.2 Å². The summed E-state index contributed by atoms with van der Waals surface area (Å²) in [6.07, 6.45) is 16.7. The lowest BCUT2D eigenvalue weighted by Crippen LogP contribution is -2.37. The molecular formula is C35H55NO5. The summed E-state index contributed by atoms with van der Waals surface area (Å²) in [6.45, 7) is 2.21. The molecular weight excluding hydrogens is 514 g/mol. The van der Waals surface area contributed by atoms with E-state index in [9.17, 15) is 25.2 Å². The number of carboxylic acid groups (broad SMARTS) is 1. The van der Waals surface area contributed by atoms with E-state index in [0.29, 0.717) is 25.7 Å². The van der Waals surface area contributed by atoms with Gasteiger partial charge in [0.25, 0.3) is 0 Å². The van der Waals surface area contributed by atoms with E-state index in [1.807, 2.05) is 24.4 Å². The van der Waals surface area contributed by atoms with Crippen molar-refractivity contribution in [2.45, 2.75) is 140 Å². The first-order valence-corrected chi connectivity index (χ1v) is 16.4. The van der Waals surface area contributed by atoms with Gasteiger partial charge in [-0.15, -0.1) is 0 Å². The van der Waals surface area contributed by atoms with Crippen LogP contribution in [-0.4, -0.2) is 49.2 Å². The van der Waals surface area contributed by atoms with Crippen LogP contribution in [0.3, 0.4) is 0 Å². The molecule has 1 aromatic carbocycles. The summed E-state index contributed by atoms with van der Waals surface area (Å²) in [5.41, 5.74) is 2.51. The Hall–Kier alpha value is -2.15. The highest BCUT2D eigenvalue weighted by atomic mass is 16.4. The standard InChI is InChI=1S/C35H55NO5/c1-2-3-4-5-11-18-31(37)19-12-6-7-13-20-32(34(39)40)33(38)21-23-35(41)22-14-17-29(35)25-30-24-28(26-36-30)27-15-9-8-10-16-27/h8-10,15-16,24,26,29,31-33,36-38,41H,2-7,11-14,17-23,25H2,1H3,(H,39,40). The predicted molar refractivity (Wildman–Crippen MR) is 166 cm³/mol. The van der Waals surface area contributed by atoms with Crippen LogP contribution < -0.4 is 0 Å². The molecule has 1 aliphatic carbocycles. The van der Waals surface area contributed by atoms with E-state index in [2.05, 4.69) is 30.1 Å². The number of rotatable bonds is 21. The third kappa shape index (κ3) is 11.2. The maximum Gasteiger partial charge on any atom is 0.309 e. The third-order valence-corrected chi connectivity index (χ3v) is 9.34. The van der Waals surface area contributed by atoms with E-state index < -0.39 is 23.6 Å². The number of aromatic nitrogens is 1. The van der Waals surface area contributed by atoms with Gasteiger partial charge in [0.15, 0.2) is 0 Å². The minimum atomic E-state index is -0.956. The quantitative estimate of drug-likeness (QED) is 0.0991. The number of aliphatic hydroxyl groups is 3. The first-order chi connectivity index (χ1) is 19.8. The molecule has 6 heteroatoms. The Bertz CT molecular complexity index is 991. The average molecular weight is 570 g/mol. The van der Waals surface area contributed by atoms with Gasteiger partial charge in [-0.2, -0.15) is 0 Å². The summed E-state index contributed by atoms with van der Waals surface area (Å²) in [6, 6.07) is 12.4. The van der Waals surface area contributed by atoms with E-state index >= 15 is 0 Å². The Morgan fingerprint density at radius 2 is 1.59 bits per heavy atom. The molecule has 1 heterocycles. The van der Waals surface area contributed by atoms with Gasteiger partial charge < -0.3 is 25.4 Å². The lowest BCUT2D eigenvalue weighted by atomic mass is 9.81. The smallest absolute Gasteiger partial charge is 0.309 e. The highest BCUT2D eigenvalue weighted by Gasteiger charge is 2.41. The molecule has 3 rings (SSSR count). The van der Waals surface area contributed by atoms with Gasteiger partial charge in [-0.3, -0.25) is 4.79 Å². The maximum atomic E-state index is 12.0. The normalized spacial score (nSPS) is 21.1. The van der Waals surface area contributed by atoms with Crippen molar-refractivity contribution < 1.29 is 25.2 Å². The summed E-state index contributed by atoms with van der Waals surface area (Å²) >= 11 is 0. The predicted octanol–water partition coefficient (Wildman–Crippen LogP) is 7.66. The summed E-state index contributed by atoms with van der Waals surface area (Å²) < 4.78 is 0. The fraction of sp³-hybridized carbons (Fsp3) is 0.686. The van der Waals surface area contributed by atoms with E-state index in [1.165, 1.54) is 25.7 Å². The van der Waals surface area contributed by atoms with Gasteiger partial charge in [0.1, 0.15) is 0 Å². The molecule has 0 amide bonds. The van der Waals surface area contributed by atoms with Crippen LogP contribution in [0.1, 0.15) is 122 Å². The summed E-state index contributed by atoms with van der Waals surface area (Å²) in [4.78, 5) is 15.3. The SMILES string of the molecule is CCCCCCCC(O)CCCCCCC(C(=O)O)C(O)CCC1(O)CCCC1Cc1cc(-c2ccccc2)c[nH]1. The second-order valence-electron chi connectivity index (χ2n) is 12.6. The van der Waals surface area contributed by atoms with E-state index in [1.54, 1.807) is 0 Å². The van der Waals surface area contributed by atoms with Gasteiger partial charge in [0.2, 0.25) is 0 Å². The number of benzene rings is 1. The Labute approximate surface area is 247 Å². The number of carbonyl (C=O) groups is 1. The highest BCUT2D eigenvalue weighted by molar-refractivity contribution is 5.70. The lowest BCUT2D eigenvalue weighted by Gasteiger charge is -2.32. The van der Waals surface area contributed by atoms with Crippen molar-refractivity contribution in [3.8, 4) is 11.1 Å². The fourth-order valence-corrected chi connectivity index (χ4v) is 6.68. The van der Waals surface area contributed by atoms with Crippen molar-refractivity contribution in [1.29, 1.82) is 0 Å². The van der Waals surface area contributed by atoms with Crippen molar-refractivity contribution in [3.05, 3.63) is 48.3 Å². The molecule has 5 atom stereocenters. The van der Waals surface area contributed by atoms with E-state index in [4.69, 9.17) is 0 Å². The zero-order valence-electron chi connectivity index (χ0n) is 25.3. The van der Waals surface area contributed by atoms with Crippen molar-refractivity contribution >= 4 is 5.97 Å². The maximum absolute atomic E-state index is 12.0. The minimum absolute atomic E-state index is 0.0898. The molecule has 0 spiro atoms. The number of H-pyrrole nitrogens is 1. The van der Waals surface area contributed by atoms with Crippen LogP contribution in [0.25, 0.3) is 11.1 Å². The van der Waals surface area contributed by atoms with Crippen molar-refractivity contribution in [2.24, 2.45) is 11.8 Å². The Kier molecular flexibility index (Phi) is 14.4. The van der Waals surface area contributed by atoms with E-state index in [-0.39, 0.29) is 12.0 Å². The van der Waals surface area contributed by atoms with Crippen LogP contribution >= 0.6 is 0 Å². The minimum Gasteiger partial charge on any atom is -0.481 e. The molecule has 0 bridgehead atoms. The number of hydrogen-bond acceptors (Lipinski definition) is 4.